The topological polar surface area (TPSA) is 46.0 Å². The summed E-state index contributed by atoms with van der Waals surface area (Å²) in [6, 6.07) is 1.85. The number of hydrogen-bond donors (Lipinski definition) is 1. The molecule has 1 aromatic rings. The first-order valence-corrected chi connectivity index (χ1v) is 4.19. The van der Waals surface area contributed by atoms with E-state index in [0.29, 0.717) is 0 Å². The third-order valence-corrected chi connectivity index (χ3v) is 2.01. The zero-order valence-electron chi connectivity index (χ0n) is 7.44. The van der Waals surface area contributed by atoms with Gasteiger partial charge in [-0.3, -0.25) is 0 Å². The highest BCUT2D eigenvalue weighted by molar-refractivity contribution is 5.06. The van der Waals surface area contributed by atoms with Crippen LogP contribution in [0.2, 0.25) is 0 Å². The summed E-state index contributed by atoms with van der Waals surface area (Å²) in [5.74, 6) is 0.132. The highest BCUT2D eigenvalue weighted by atomic mass is 16.3. The molecule has 1 rings (SSSR count). The van der Waals surface area contributed by atoms with E-state index in [1.54, 1.807) is 13.1 Å². The molecule has 3 nitrogen and oxygen atoms in total. The molecule has 0 aromatic carbocycles. The molecule has 0 radical (unpaired) electrons. The van der Waals surface area contributed by atoms with Gasteiger partial charge >= 0.3 is 0 Å². The molecule has 0 fully saturated rings. The predicted octanol–water partition coefficient (Wildman–Crippen LogP) is 1.35. The molecular weight excluding hydrogens is 152 g/mol. The lowest BCUT2D eigenvalue weighted by Crippen LogP contribution is -2.14. The van der Waals surface area contributed by atoms with Gasteiger partial charge in [0.25, 0.3) is 0 Å². The minimum Gasteiger partial charge on any atom is -0.393 e. The van der Waals surface area contributed by atoms with Gasteiger partial charge in [-0.1, -0.05) is 6.92 Å². The fraction of sp³-hybridized carbons (Fsp3) is 0.556. The molecule has 0 spiro atoms. The molecule has 0 amide bonds. The van der Waals surface area contributed by atoms with Crippen molar-refractivity contribution >= 4 is 0 Å². The zero-order chi connectivity index (χ0) is 8.97. The summed E-state index contributed by atoms with van der Waals surface area (Å²) < 4.78 is 0. The van der Waals surface area contributed by atoms with E-state index >= 15 is 0 Å². The Morgan fingerprint density at radius 3 is 2.75 bits per heavy atom. The highest BCUT2D eigenvalue weighted by Gasteiger charge is 2.15. The minimum atomic E-state index is -0.343. The van der Waals surface area contributed by atoms with Gasteiger partial charge < -0.3 is 5.11 Å². The van der Waals surface area contributed by atoms with Gasteiger partial charge in [-0.2, -0.15) is 0 Å². The molecule has 0 saturated carbocycles. The fourth-order valence-electron chi connectivity index (χ4n) is 1.32. The van der Waals surface area contributed by atoms with Crippen LogP contribution in [-0.2, 0) is 0 Å². The van der Waals surface area contributed by atoms with E-state index in [2.05, 4.69) is 9.97 Å². The number of aliphatic hydroxyl groups is 1. The van der Waals surface area contributed by atoms with Crippen molar-refractivity contribution in [2.24, 2.45) is 0 Å². The zero-order valence-corrected chi connectivity index (χ0v) is 7.44. The summed E-state index contributed by atoms with van der Waals surface area (Å²) in [7, 11) is 0. The molecule has 66 valence electrons. The van der Waals surface area contributed by atoms with Gasteiger partial charge in [0.2, 0.25) is 0 Å². The number of rotatable bonds is 3. The second-order valence-corrected chi connectivity index (χ2v) is 2.89. The van der Waals surface area contributed by atoms with Crippen LogP contribution in [0.4, 0.5) is 0 Å². The lowest BCUT2D eigenvalue weighted by Gasteiger charge is -2.16. The van der Waals surface area contributed by atoms with Crippen molar-refractivity contribution in [1.29, 1.82) is 0 Å². The molecule has 0 aliphatic heterocycles. The van der Waals surface area contributed by atoms with E-state index in [4.69, 9.17) is 0 Å². The first-order chi connectivity index (χ1) is 5.75. The Kier molecular flexibility index (Phi) is 3.17. The largest absolute Gasteiger partial charge is 0.393 e. The molecule has 3 heteroatoms. The van der Waals surface area contributed by atoms with E-state index in [0.717, 1.165) is 12.1 Å². The van der Waals surface area contributed by atoms with Crippen LogP contribution in [0.5, 0.6) is 0 Å². The monoisotopic (exact) mass is 166 g/mol. The maximum atomic E-state index is 9.41. The van der Waals surface area contributed by atoms with Gasteiger partial charge in [-0.05, 0) is 19.4 Å². The van der Waals surface area contributed by atoms with Crippen molar-refractivity contribution in [2.45, 2.75) is 32.3 Å². The number of hydrogen-bond acceptors (Lipinski definition) is 3. The van der Waals surface area contributed by atoms with Crippen LogP contribution in [0.15, 0.2) is 18.6 Å². The van der Waals surface area contributed by atoms with Crippen molar-refractivity contribution in [1.82, 2.24) is 9.97 Å². The van der Waals surface area contributed by atoms with Gasteiger partial charge in [-0.15, -0.1) is 0 Å². The first-order valence-electron chi connectivity index (χ1n) is 4.19. The van der Waals surface area contributed by atoms with Crippen molar-refractivity contribution in [3.8, 4) is 0 Å². The maximum Gasteiger partial charge on any atom is 0.115 e. The summed E-state index contributed by atoms with van der Waals surface area (Å²) in [4.78, 5) is 7.93. The first kappa shape index (κ1) is 9.13. The van der Waals surface area contributed by atoms with Crippen molar-refractivity contribution < 1.29 is 5.11 Å². The lowest BCUT2D eigenvalue weighted by atomic mass is 9.97. The molecule has 0 bridgehead atoms. The molecule has 0 saturated heterocycles. The second-order valence-electron chi connectivity index (χ2n) is 2.89. The third kappa shape index (κ3) is 2.01. The molecule has 1 aromatic heterocycles. The van der Waals surface area contributed by atoms with E-state index in [1.807, 2.05) is 13.0 Å². The predicted molar refractivity (Wildman–Crippen MR) is 46.7 cm³/mol. The fourth-order valence-corrected chi connectivity index (χ4v) is 1.32. The Balaban J connectivity index is 2.80. The Labute approximate surface area is 72.5 Å². The normalized spacial score (nSPS) is 15.6. The van der Waals surface area contributed by atoms with E-state index in [9.17, 15) is 5.11 Å². The summed E-state index contributed by atoms with van der Waals surface area (Å²) in [6.45, 7) is 3.83. The SMILES string of the molecule is CCC(c1ccncn1)C(C)O. The van der Waals surface area contributed by atoms with Crippen LogP contribution >= 0.6 is 0 Å². The molecule has 0 aliphatic rings. The minimum absolute atomic E-state index is 0.132. The average Bonchev–Trinajstić information content (AvgIpc) is 2.07. The molecule has 0 aliphatic carbocycles. The molecule has 2 atom stereocenters. The molecule has 1 N–H and O–H groups in total. The van der Waals surface area contributed by atoms with Gasteiger partial charge in [-0.25, -0.2) is 9.97 Å². The smallest absolute Gasteiger partial charge is 0.115 e. The second kappa shape index (κ2) is 4.16. The average molecular weight is 166 g/mol. The molecule has 12 heavy (non-hydrogen) atoms. The van der Waals surface area contributed by atoms with Gasteiger partial charge in [0.05, 0.1) is 6.10 Å². The number of nitrogens with zero attached hydrogens (tertiary/aromatic N) is 2. The summed E-state index contributed by atoms with van der Waals surface area (Å²) in [6.07, 6.45) is 3.77. The van der Waals surface area contributed by atoms with Crippen LogP contribution in [-0.4, -0.2) is 21.2 Å². The number of aromatic nitrogens is 2. The Bertz CT molecular complexity index is 223. The van der Waals surface area contributed by atoms with Crippen LogP contribution in [0, 0.1) is 0 Å². The van der Waals surface area contributed by atoms with Gasteiger partial charge in [0.15, 0.2) is 0 Å². The van der Waals surface area contributed by atoms with E-state index in [1.165, 1.54) is 6.33 Å². The summed E-state index contributed by atoms with van der Waals surface area (Å²) in [5.41, 5.74) is 0.919. The third-order valence-electron chi connectivity index (χ3n) is 2.01. The van der Waals surface area contributed by atoms with Crippen molar-refractivity contribution in [3.05, 3.63) is 24.3 Å². The lowest BCUT2D eigenvalue weighted by molar-refractivity contribution is 0.158. The van der Waals surface area contributed by atoms with Crippen LogP contribution in [0.25, 0.3) is 0 Å². The molecule has 1 heterocycles. The van der Waals surface area contributed by atoms with Crippen molar-refractivity contribution in [2.75, 3.05) is 0 Å². The van der Waals surface area contributed by atoms with Crippen LogP contribution < -0.4 is 0 Å². The van der Waals surface area contributed by atoms with Crippen LogP contribution in [0.1, 0.15) is 31.9 Å². The van der Waals surface area contributed by atoms with E-state index in [-0.39, 0.29) is 12.0 Å². The van der Waals surface area contributed by atoms with E-state index < -0.39 is 0 Å². The highest BCUT2D eigenvalue weighted by Crippen LogP contribution is 2.20. The Morgan fingerprint density at radius 1 is 1.58 bits per heavy atom. The molecular formula is C9H14N2O. The Hall–Kier alpha value is -0.960. The maximum absolute atomic E-state index is 9.41. The summed E-state index contributed by atoms with van der Waals surface area (Å²) in [5, 5.41) is 9.41. The van der Waals surface area contributed by atoms with Gasteiger partial charge in [0.1, 0.15) is 6.33 Å². The number of aliphatic hydroxyl groups excluding tert-OH is 1. The standard InChI is InChI=1S/C9H14N2O/c1-3-8(7(2)12)9-4-5-10-6-11-9/h4-8,12H,3H2,1-2H3. The molecule has 2 unspecified atom stereocenters. The Morgan fingerprint density at radius 2 is 2.33 bits per heavy atom. The van der Waals surface area contributed by atoms with Crippen LogP contribution in [0.3, 0.4) is 0 Å². The van der Waals surface area contributed by atoms with Crippen molar-refractivity contribution in [3.63, 3.8) is 0 Å². The quantitative estimate of drug-likeness (QED) is 0.737. The summed E-state index contributed by atoms with van der Waals surface area (Å²) >= 11 is 0. The van der Waals surface area contributed by atoms with Gasteiger partial charge in [0, 0.05) is 17.8 Å².